The van der Waals surface area contributed by atoms with Crippen molar-refractivity contribution in [2.75, 3.05) is 13.7 Å². The fourth-order valence-electron chi connectivity index (χ4n) is 1.14. The Morgan fingerprint density at radius 2 is 2.14 bits per heavy atom. The van der Waals surface area contributed by atoms with Gasteiger partial charge in [0.1, 0.15) is 5.82 Å². The second kappa shape index (κ2) is 4.94. The minimum atomic E-state index is -0.581. The molecular weight excluding hydrogens is 228 g/mol. The van der Waals surface area contributed by atoms with Crippen molar-refractivity contribution >= 4 is 23.2 Å². The number of aliphatic hydroxyl groups is 1. The summed E-state index contributed by atoms with van der Waals surface area (Å²) in [6, 6.07) is 2.45. The summed E-state index contributed by atoms with van der Waals surface area (Å²) in [4.78, 5) is 0. The number of nitrogens with one attached hydrogen (secondary N) is 1. The van der Waals surface area contributed by atoms with Crippen LogP contribution >= 0.6 is 23.2 Å². The predicted octanol–water partition coefficient (Wildman–Crippen LogP) is 2.39. The molecule has 2 N–H and O–H groups in total. The quantitative estimate of drug-likeness (QED) is 0.792. The van der Waals surface area contributed by atoms with Crippen molar-refractivity contribution in [3.05, 3.63) is 33.6 Å². The lowest BCUT2D eigenvalue weighted by Gasteiger charge is -2.14. The summed E-state index contributed by atoms with van der Waals surface area (Å²) in [5.41, 5.74) is 0.571. The maximum Gasteiger partial charge on any atom is 0.143 e. The molecule has 0 saturated carbocycles. The van der Waals surface area contributed by atoms with E-state index < -0.39 is 5.82 Å². The molecule has 14 heavy (non-hydrogen) atoms. The van der Waals surface area contributed by atoms with E-state index in [0.717, 1.165) is 0 Å². The van der Waals surface area contributed by atoms with Gasteiger partial charge >= 0.3 is 0 Å². The summed E-state index contributed by atoms with van der Waals surface area (Å²) < 4.78 is 13.1. The maximum atomic E-state index is 13.1. The SMILES string of the molecule is CNC(CO)c1cc(F)c(Cl)c(Cl)c1. The van der Waals surface area contributed by atoms with Crippen LogP contribution in [-0.2, 0) is 0 Å². The van der Waals surface area contributed by atoms with Crippen molar-refractivity contribution < 1.29 is 9.50 Å². The van der Waals surface area contributed by atoms with Crippen LogP contribution in [0.25, 0.3) is 0 Å². The van der Waals surface area contributed by atoms with Gasteiger partial charge in [-0.2, -0.15) is 0 Å². The zero-order valence-corrected chi connectivity index (χ0v) is 9.03. The number of rotatable bonds is 3. The zero-order chi connectivity index (χ0) is 10.7. The molecule has 2 nitrogen and oxygen atoms in total. The Morgan fingerprint density at radius 1 is 1.50 bits per heavy atom. The largest absolute Gasteiger partial charge is 0.394 e. The minimum absolute atomic E-state index is 0.0943. The molecular formula is C9H10Cl2FNO. The second-order valence-electron chi connectivity index (χ2n) is 2.82. The van der Waals surface area contributed by atoms with Crippen molar-refractivity contribution in [1.82, 2.24) is 5.32 Å². The highest BCUT2D eigenvalue weighted by Gasteiger charge is 2.13. The molecule has 0 aliphatic heterocycles. The van der Waals surface area contributed by atoms with Crippen LogP contribution in [0.1, 0.15) is 11.6 Å². The topological polar surface area (TPSA) is 32.3 Å². The average Bonchev–Trinajstić information content (AvgIpc) is 2.16. The van der Waals surface area contributed by atoms with Crippen LogP contribution in [0.2, 0.25) is 10.0 Å². The van der Waals surface area contributed by atoms with E-state index in [9.17, 15) is 4.39 Å². The Balaban J connectivity index is 3.11. The van der Waals surface area contributed by atoms with E-state index in [1.807, 2.05) is 0 Å². The summed E-state index contributed by atoms with van der Waals surface area (Å²) in [6.07, 6.45) is 0. The molecule has 1 atom stereocenters. The van der Waals surface area contributed by atoms with Crippen molar-refractivity contribution in [3.63, 3.8) is 0 Å². The van der Waals surface area contributed by atoms with Gasteiger partial charge in [-0.25, -0.2) is 4.39 Å². The van der Waals surface area contributed by atoms with Crippen LogP contribution in [0, 0.1) is 5.82 Å². The molecule has 0 aliphatic rings. The van der Waals surface area contributed by atoms with E-state index in [2.05, 4.69) is 5.32 Å². The summed E-state index contributed by atoms with van der Waals surface area (Å²) in [5, 5.41) is 11.8. The number of halogens is 3. The van der Waals surface area contributed by atoms with Gasteiger partial charge in [0, 0.05) is 0 Å². The lowest BCUT2D eigenvalue weighted by Crippen LogP contribution is -2.20. The lowest BCUT2D eigenvalue weighted by molar-refractivity contribution is 0.250. The monoisotopic (exact) mass is 237 g/mol. The third kappa shape index (κ3) is 2.36. The molecule has 0 bridgehead atoms. The molecule has 0 amide bonds. The molecule has 1 unspecified atom stereocenters. The van der Waals surface area contributed by atoms with E-state index in [4.69, 9.17) is 28.3 Å². The molecule has 0 radical (unpaired) electrons. The highest BCUT2D eigenvalue weighted by molar-refractivity contribution is 6.42. The fraction of sp³-hybridized carbons (Fsp3) is 0.333. The number of likely N-dealkylation sites (N-methyl/N-ethyl adjacent to an activating group) is 1. The van der Waals surface area contributed by atoms with Crippen molar-refractivity contribution in [2.24, 2.45) is 0 Å². The third-order valence-corrected chi connectivity index (χ3v) is 2.72. The van der Waals surface area contributed by atoms with Crippen LogP contribution in [0.5, 0.6) is 0 Å². The summed E-state index contributed by atoms with van der Waals surface area (Å²) in [5.74, 6) is -0.581. The molecule has 0 fully saturated rings. The third-order valence-electron chi connectivity index (χ3n) is 1.94. The summed E-state index contributed by atoms with van der Waals surface area (Å²) >= 11 is 11.2. The van der Waals surface area contributed by atoms with Gasteiger partial charge in [-0.3, -0.25) is 0 Å². The normalized spacial score (nSPS) is 12.9. The number of hydrogen-bond donors (Lipinski definition) is 2. The van der Waals surface area contributed by atoms with Crippen molar-refractivity contribution in [3.8, 4) is 0 Å². The van der Waals surface area contributed by atoms with E-state index in [0.29, 0.717) is 5.56 Å². The van der Waals surface area contributed by atoms with Crippen LogP contribution in [-0.4, -0.2) is 18.8 Å². The minimum Gasteiger partial charge on any atom is -0.394 e. The first-order chi connectivity index (χ1) is 6.60. The first kappa shape index (κ1) is 11.7. The summed E-state index contributed by atoms with van der Waals surface area (Å²) in [7, 11) is 1.67. The van der Waals surface area contributed by atoms with Gasteiger partial charge < -0.3 is 10.4 Å². The Morgan fingerprint density at radius 3 is 2.57 bits per heavy atom. The van der Waals surface area contributed by atoms with Crippen LogP contribution < -0.4 is 5.32 Å². The highest BCUT2D eigenvalue weighted by Crippen LogP contribution is 2.28. The smallest absolute Gasteiger partial charge is 0.143 e. The number of benzene rings is 1. The molecule has 5 heteroatoms. The van der Waals surface area contributed by atoms with Crippen LogP contribution in [0.3, 0.4) is 0 Å². The molecule has 0 saturated heterocycles. The maximum absolute atomic E-state index is 13.1. The zero-order valence-electron chi connectivity index (χ0n) is 7.52. The van der Waals surface area contributed by atoms with Gasteiger partial charge in [0.2, 0.25) is 0 Å². The molecule has 1 rings (SSSR count). The van der Waals surface area contributed by atoms with Gasteiger partial charge in [-0.05, 0) is 24.7 Å². The van der Waals surface area contributed by atoms with E-state index in [-0.39, 0.29) is 22.7 Å². The standard InChI is InChI=1S/C9H10Cl2FNO/c1-13-8(4-14)5-2-6(10)9(11)7(12)3-5/h2-3,8,13-14H,4H2,1H3. The average molecular weight is 238 g/mol. The molecule has 0 aromatic heterocycles. The van der Waals surface area contributed by atoms with Crippen molar-refractivity contribution in [1.29, 1.82) is 0 Å². The van der Waals surface area contributed by atoms with Crippen molar-refractivity contribution in [2.45, 2.75) is 6.04 Å². The van der Waals surface area contributed by atoms with Gasteiger partial charge in [-0.15, -0.1) is 0 Å². The fourth-order valence-corrected chi connectivity index (χ4v) is 1.47. The Hall–Kier alpha value is -0.350. The van der Waals surface area contributed by atoms with E-state index in [1.165, 1.54) is 12.1 Å². The summed E-state index contributed by atoms with van der Waals surface area (Å²) in [6.45, 7) is -0.131. The lowest BCUT2D eigenvalue weighted by atomic mass is 10.1. The van der Waals surface area contributed by atoms with Gasteiger partial charge in [0.15, 0.2) is 0 Å². The molecule has 78 valence electrons. The molecule has 0 spiro atoms. The van der Waals surface area contributed by atoms with Gasteiger partial charge in [0.25, 0.3) is 0 Å². The van der Waals surface area contributed by atoms with Gasteiger partial charge in [-0.1, -0.05) is 23.2 Å². The van der Waals surface area contributed by atoms with Crippen LogP contribution in [0.4, 0.5) is 4.39 Å². The van der Waals surface area contributed by atoms with E-state index in [1.54, 1.807) is 7.05 Å². The second-order valence-corrected chi connectivity index (χ2v) is 3.61. The molecule has 0 aliphatic carbocycles. The molecule has 0 heterocycles. The number of hydrogen-bond acceptors (Lipinski definition) is 2. The molecule has 1 aromatic carbocycles. The predicted molar refractivity (Wildman–Crippen MR) is 55.3 cm³/mol. The Kier molecular flexibility index (Phi) is 4.13. The van der Waals surface area contributed by atoms with E-state index >= 15 is 0 Å². The number of aliphatic hydroxyl groups excluding tert-OH is 1. The Labute approximate surface area is 91.6 Å². The first-order valence-electron chi connectivity index (χ1n) is 4.02. The highest BCUT2D eigenvalue weighted by atomic mass is 35.5. The van der Waals surface area contributed by atoms with Gasteiger partial charge in [0.05, 0.1) is 22.7 Å². The van der Waals surface area contributed by atoms with Crippen LogP contribution in [0.15, 0.2) is 12.1 Å². The Bertz CT molecular complexity index is 306. The first-order valence-corrected chi connectivity index (χ1v) is 4.78. The molecule has 1 aromatic rings.